The molecular weight excluding hydrogens is 334 g/mol. The Morgan fingerprint density at radius 2 is 2.04 bits per heavy atom. The van der Waals surface area contributed by atoms with E-state index in [0.717, 1.165) is 12.8 Å². The van der Waals surface area contributed by atoms with Crippen LogP contribution in [0.2, 0.25) is 5.02 Å². The van der Waals surface area contributed by atoms with Gasteiger partial charge in [-0.25, -0.2) is 0 Å². The third kappa shape index (κ3) is 3.93. The van der Waals surface area contributed by atoms with Crippen LogP contribution in [-0.2, 0) is 9.53 Å². The van der Waals surface area contributed by atoms with Crippen molar-refractivity contribution >= 4 is 23.5 Å². The molecule has 0 aliphatic carbocycles. The number of amides is 1. The third-order valence-electron chi connectivity index (χ3n) is 4.01. The first-order valence-corrected chi connectivity index (χ1v) is 8.27. The number of methoxy groups -OCH3 is 2. The monoisotopic (exact) mass is 355 g/mol. The van der Waals surface area contributed by atoms with Gasteiger partial charge in [-0.05, 0) is 31.9 Å². The number of esters is 1. The Bertz CT molecular complexity index is 619. The number of hydrogen-bond donors (Lipinski definition) is 0. The summed E-state index contributed by atoms with van der Waals surface area (Å²) in [6.07, 6.45) is 1.49. The summed E-state index contributed by atoms with van der Waals surface area (Å²) in [6, 6.07) is 3.15. The molecular formula is C17H22ClNO5. The van der Waals surface area contributed by atoms with Crippen molar-refractivity contribution in [2.24, 2.45) is 5.92 Å². The second-order valence-electron chi connectivity index (χ2n) is 5.54. The predicted octanol–water partition coefficient (Wildman–Crippen LogP) is 2.77. The molecule has 1 saturated heterocycles. The largest absolute Gasteiger partial charge is 0.493 e. The van der Waals surface area contributed by atoms with Crippen LogP contribution in [0.4, 0.5) is 0 Å². The molecule has 0 bridgehead atoms. The highest BCUT2D eigenvalue weighted by Gasteiger charge is 2.30. The number of halogens is 1. The van der Waals surface area contributed by atoms with Crippen LogP contribution < -0.4 is 9.47 Å². The normalized spacial score (nSPS) is 17.3. The van der Waals surface area contributed by atoms with Crippen molar-refractivity contribution in [3.63, 3.8) is 0 Å². The fourth-order valence-corrected chi connectivity index (χ4v) is 3.13. The maximum absolute atomic E-state index is 12.8. The van der Waals surface area contributed by atoms with E-state index in [1.807, 2.05) is 0 Å². The van der Waals surface area contributed by atoms with Gasteiger partial charge in [0.05, 0.1) is 31.8 Å². The number of piperidine rings is 1. The fraction of sp³-hybridized carbons (Fsp3) is 0.529. The Hall–Kier alpha value is -1.95. The Morgan fingerprint density at radius 3 is 2.67 bits per heavy atom. The van der Waals surface area contributed by atoms with Gasteiger partial charge in [0.25, 0.3) is 5.91 Å². The van der Waals surface area contributed by atoms with Gasteiger partial charge >= 0.3 is 5.97 Å². The highest BCUT2D eigenvalue weighted by atomic mass is 35.5. The molecule has 0 N–H and O–H groups in total. The van der Waals surface area contributed by atoms with Crippen molar-refractivity contribution in [3.05, 3.63) is 22.7 Å². The van der Waals surface area contributed by atoms with Crippen molar-refractivity contribution in [1.29, 1.82) is 0 Å². The first-order valence-electron chi connectivity index (χ1n) is 7.89. The van der Waals surface area contributed by atoms with E-state index < -0.39 is 0 Å². The molecule has 24 heavy (non-hydrogen) atoms. The van der Waals surface area contributed by atoms with Crippen molar-refractivity contribution in [2.75, 3.05) is 33.9 Å². The standard InChI is InChI=1S/C17H22ClNO5/c1-4-24-17(21)11-6-5-7-19(10-11)16(20)12-8-13(18)15(23-3)14(9-12)22-2/h8-9,11H,4-7,10H2,1-3H3/t11-/m0/s1. The summed E-state index contributed by atoms with van der Waals surface area (Å²) >= 11 is 6.17. The van der Waals surface area contributed by atoms with Gasteiger partial charge in [0.15, 0.2) is 11.5 Å². The molecule has 0 unspecified atom stereocenters. The van der Waals surface area contributed by atoms with Gasteiger partial charge in [0.2, 0.25) is 0 Å². The zero-order valence-electron chi connectivity index (χ0n) is 14.1. The SMILES string of the molecule is CCOC(=O)[C@H]1CCCN(C(=O)c2cc(Cl)c(OC)c(OC)c2)C1. The summed E-state index contributed by atoms with van der Waals surface area (Å²) in [4.78, 5) is 26.3. The van der Waals surface area contributed by atoms with Gasteiger partial charge < -0.3 is 19.1 Å². The van der Waals surface area contributed by atoms with E-state index in [1.165, 1.54) is 14.2 Å². The van der Waals surface area contributed by atoms with E-state index in [4.69, 9.17) is 25.8 Å². The lowest BCUT2D eigenvalue weighted by atomic mass is 9.97. The molecule has 2 rings (SSSR count). The fourth-order valence-electron chi connectivity index (χ4n) is 2.84. The Kier molecular flexibility index (Phi) is 6.31. The predicted molar refractivity (Wildman–Crippen MR) is 89.8 cm³/mol. The highest BCUT2D eigenvalue weighted by Crippen LogP contribution is 2.36. The van der Waals surface area contributed by atoms with Crippen LogP contribution in [0, 0.1) is 5.92 Å². The van der Waals surface area contributed by atoms with E-state index in [9.17, 15) is 9.59 Å². The smallest absolute Gasteiger partial charge is 0.310 e. The summed E-state index contributed by atoms with van der Waals surface area (Å²) in [7, 11) is 2.97. The molecule has 0 aromatic heterocycles. The topological polar surface area (TPSA) is 65.1 Å². The van der Waals surface area contributed by atoms with E-state index in [-0.39, 0.29) is 17.8 Å². The second-order valence-corrected chi connectivity index (χ2v) is 5.94. The number of ether oxygens (including phenoxy) is 3. The first kappa shape index (κ1) is 18.4. The number of hydrogen-bond acceptors (Lipinski definition) is 5. The number of likely N-dealkylation sites (tertiary alicyclic amines) is 1. The van der Waals surface area contributed by atoms with Crippen molar-refractivity contribution < 1.29 is 23.8 Å². The van der Waals surface area contributed by atoms with Gasteiger partial charge in [-0.1, -0.05) is 11.6 Å². The average Bonchev–Trinajstić information content (AvgIpc) is 2.60. The maximum Gasteiger partial charge on any atom is 0.310 e. The number of benzene rings is 1. The van der Waals surface area contributed by atoms with Crippen LogP contribution in [0.5, 0.6) is 11.5 Å². The molecule has 0 radical (unpaired) electrons. The molecule has 7 heteroatoms. The molecule has 1 fully saturated rings. The van der Waals surface area contributed by atoms with E-state index in [1.54, 1.807) is 24.0 Å². The molecule has 1 aromatic carbocycles. The summed E-state index contributed by atoms with van der Waals surface area (Å²) < 4.78 is 15.5. The summed E-state index contributed by atoms with van der Waals surface area (Å²) in [6.45, 7) is 3.06. The molecule has 1 heterocycles. The van der Waals surface area contributed by atoms with Crippen LogP contribution in [0.3, 0.4) is 0 Å². The molecule has 1 aliphatic heterocycles. The van der Waals surface area contributed by atoms with E-state index >= 15 is 0 Å². The minimum absolute atomic E-state index is 0.188. The maximum atomic E-state index is 12.8. The number of carbonyl (C=O) groups is 2. The van der Waals surface area contributed by atoms with Gasteiger partial charge in [-0.15, -0.1) is 0 Å². The molecule has 1 amide bonds. The molecule has 1 aromatic rings. The highest BCUT2D eigenvalue weighted by molar-refractivity contribution is 6.32. The van der Waals surface area contributed by atoms with Crippen LogP contribution >= 0.6 is 11.6 Å². The lowest BCUT2D eigenvalue weighted by molar-refractivity contribution is -0.149. The summed E-state index contributed by atoms with van der Waals surface area (Å²) in [5.41, 5.74) is 0.405. The van der Waals surface area contributed by atoms with Gasteiger partial charge in [-0.3, -0.25) is 9.59 Å². The van der Waals surface area contributed by atoms with Crippen molar-refractivity contribution in [3.8, 4) is 11.5 Å². The van der Waals surface area contributed by atoms with Crippen LogP contribution in [0.15, 0.2) is 12.1 Å². The number of rotatable bonds is 5. The average molecular weight is 356 g/mol. The Labute approximate surface area is 146 Å². The van der Waals surface area contributed by atoms with Gasteiger partial charge in [-0.2, -0.15) is 0 Å². The van der Waals surface area contributed by atoms with E-state index in [2.05, 4.69) is 0 Å². The van der Waals surface area contributed by atoms with Crippen LogP contribution in [-0.4, -0.2) is 50.7 Å². The van der Waals surface area contributed by atoms with Gasteiger partial charge in [0.1, 0.15) is 0 Å². The van der Waals surface area contributed by atoms with Crippen molar-refractivity contribution in [1.82, 2.24) is 4.90 Å². The Morgan fingerprint density at radius 1 is 1.29 bits per heavy atom. The lowest BCUT2D eigenvalue weighted by Crippen LogP contribution is -2.42. The minimum Gasteiger partial charge on any atom is -0.493 e. The molecule has 6 nitrogen and oxygen atoms in total. The number of nitrogens with zero attached hydrogens (tertiary/aromatic N) is 1. The van der Waals surface area contributed by atoms with Crippen molar-refractivity contribution in [2.45, 2.75) is 19.8 Å². The van der Waals surface area contributed by atoms with E-state index in [0.29, 0.717) is 41.8 Å². The molecule has 1 atom stereocenters. The van der Waals surface area contributed by atoms with Crippen LogP contribution in [0.1, 0.15) is 30.1 Å². The second kappa shape index (κ2) is 8.24. The third-order valence-corrected chi connectivity index (χ3v) is 4.29. The molecule has 0 spiro atoms. The quantitative estimate of drug-likeness (QED) is 0.760. The zero-order valence-corrected chi connectivity index (χ0v) is 14.9. The lowest BCUT2D eigenvalue weighted by Gasteiger charge is -2.31. The first-order chi connectivity index (χ1) is 11.5. The Balaban J connectivity index is 2.19. The molecule has 0 saturated carbocycles. The van der Waals surface area contributed by atoms with Gasteiger partial charge in [0, 0.05) is 18.7 Å². The zero-order chi connectivity index (χ0) is 17.7. The summed E-state index contributed by atoms with van der Waals surface area (Å²) in [5.74, 6) is 0.0662. The van der Waals surface area contributed by atoms with Crippen LogP contribution in [0.25, 0.3) is 0 Å². The summed E-state index contributed by atoms with van der Waals surface area (Å²) in [5, 5.41) is 0.305. The molecule has 1 aliphatic rings. The minimum atomic E-state index is -0.279. The number of carbonyl (C=O) groups excluding carboxylic acids is 2. The molecule has 132 valence electrons.